The standard InChI is InChI=1S/C15H20N4O/c1-10-8-18-6-2-3-12(18)9-19(10)15-17-13-5-4-11(16)7-14(13)20-15/h4-5,7,10,12H,2-3,6,8-9,16H2,1H3. The molecule has 0 aliphatic carbocycles. The number of aromatic nitrogens is 1. The summed E-state index contributed by atoms with van der Waals surface area (Å²) in [5, 5.41) is 0. The molecular formula is C15H20N4O. The molecule has 3 heterocycles. The molecule has 2 aliphatic heterocycles. The summed E-state index contributed by atoms with van der Waals surface area (Å²) >= 11 is 0. The Hall–Kier alpha value is -1.75. The Morgan fingerprint density at radius 3 is 3.15 bits per heavy atom. The fourth-order valence-corrected chi connectivity index (χ4v) is 3.51. The summed E-state index contributed by atoms with van der Waals surface area (Å²) in [6.07, 6.45) is 2.60. The molecule has 0 amide bonds. The number of benzene rings is 1. The molecule has 4 rings (SSSR count). The van der Waals surface area contributed by atoms with Crippen LogP contribution in [0.1, 0.15) is 19.8 Å². The molecule has 2 atom stereocenters. The summed E-state index contributed by atoms with van der Waals surface area (Å²) in [4.78, 5) is 9.53. The molecule has 20 heavy (non-hydrogen) atoms. The van der Waals surface area contributed by atoms with Crippen molar-refractivity contribution in [3.63, 3.8) is 0 Å². The average molecular weight is 272 g/mol. The van der Waals surface area contributed by atoms with Crippen molar-refractivity contribution in [1.82, 2.24) is 9.88 Å². The molecule has 2 N–H and O–H groups in total. The van der Waals surface area contributed by atoms with E-state index in [0.717, 1.165) is 30.2 Å². The molecule has 1 aromatic heterocycles. The Labute approximate surface area is 118 Å². The highest BCUT2D eigenvalue weighted by molar-refractivity contribution is 5.78. The molecule has 0 saturated carbocycles. The number of anilines is 2. The topological polar surface area (TPSA) is 58.5 Å². The van der Waals surface area contributed by atoms with Gasteiger partial charge in [0.05, 0.1) is 0 Å². The third kappa shape index (κ3) is 1.85. The molecule has 5 heteroatoms. The van der Waals surface area contributed by atoms with Gasteiger partial charge in [0.2, 0.25) is 0 Å². The maximum atomic E-state index is 5.92. The largest absolute Gasteiger partial charge is 0.423 e. The normalized spacial score (nSPS) is 27.1. The Bertz CT molecular complexity index is 638. The number of rotatable bonds is 1. The van der Waals surface area contributed by atoms with Crippen LogP contribution in [0.5, 0.6) is 0 Å². The molecule has 2 saturated heterocycles. The van der Waals surface area contributed by atoms with Gasteiger partial charge in [-0.25, -0.2) is 0 Å². The second kappa shape index (κ2) is 4.38. The molecular weight excluding hydrogens is 252 g/mol. The first kappa shape index (κ1) is 12.0. The van der Waals surface area contributed by atoms with Crippen LogP contribution >= 0.6 is 0 Å². The van der Waals surface area contributed by atoms with Crippen LogP contribution in [0.25, 0.3) is 11.1 Å². The number of nitrogens with two attached hydrogens (primary N) is 1. The smallest absolute Gasteiger partial charge is 0.298 e. The van der Waals surface area contributed by atoms with Crippen LogP contribution in [0.4, 0.5) is 11.7 Å². The maximum absolute atomic E-state index is 5.92. The molecule has 0 spiro atoms. The highest BCUT2D eigenvalue weighted by Crippen LogP contribution is 2.30. The highest BCUT2D eigenvalue weighted by atomic mass is 16.4. The Kier molecular flexibility index (Phi) is 2.63. The number of oxazole rings is 1. The second-order valence-electron chi connectivity index (χ2n) is 6.02. The Balaban J connectivity index is 1.67. The molecule has 0 bridgehead atoms. The molecule has 106 valence electrons. The minimum atomic E-state index is 0.440. The second-order valence-corrected chi connectivity index (χ2v) is 6.02. The number of nitrogens with zero attached hydrogens (tertiary/aromatic N) is 3. The van der Waals surface area contributed by atoms with Gasteiger partial charge in [-0.3, -0.25) is 4.90 Å². The van der Waals surface area contributed by atoms with E-state index in [1.165, 1.54) is 19.4 Å². The highest BCUT2D eigenvalue weighted by Gasteiger charge is 2.36. The van der Waals surface area contributed by atoms with E-state index in [2.05, 4.69) is 21.7 Å². The van der Waals surface area contributed by atoms with Crippen LogP contribution in [-0.4, -0.2) is 41.6 Å². The summed E-state index contributed by atoms with van der Waals surface area (Å²) < 4.78 is 5.92. The van der Waals surface area contributed by atoms with Crippen molar-refractivity contribution in [2.45, 2.75) is 31.8 Å². The predicted octanol–water partition coefficient (Wildman–Crippen LogP) is 2.08. The Morgan fingerprint density at radius 2 is 2.25 bits per heavy atom. The first-order chi connectivity index (χ1) is 9.70. The van der Waals surface area contributed by atoms with Crippen molar-refractivity contribution in [3.8, 4) is 0 Å². The van der Waals surface area contributed by atoms with Gasteiger partial charge in [0.15, 0.2) is 5.58 Å². The number of fused-ring (bicyclic) bond motifs is 2. The van der Waals surface area contributed by atoms with Crippen LogP contribution in [-0.2, 0) is 0 Å². The summed E-state index contributed by atoms with van der Waals surface area (Å²) in [5.41, 5.74) is 8.18. The van der Waals surface area contributed by atoms with Gasteiger partial charge in [-0.2, -0.15) is 4.98 Å². The van der Waals surface area contributed by atoms with Gasteiger partial charge in [-0.05, 0) is 38.4 Å². The fraction of sp³-hybridized carbons (Fsp3) is 0.533. The summed E-state index contributed by atoms with van der Waals surface area (Å²) in [5.74, 6) is 0. The Morgan fingerprint density at radius 1 is 1.35 bits per heavy atom. The number of nitrogen functional groups attached to an aromatic ring is 1. The lowest BCUT2D eigenvalue weighted by atomic mass is 10.1. The van der Waals surface area contributed by atoms with Crippen LogP contribution in [0.15, 0.2) is 22.6 Å². The van der Waals surface area contributed by atoms with E-state index in [-0.39, 0.29) is 0 Å². The third-order valence-corrected chi connectivity index (χ3v) is 4.58. The van der Waals surface area contributed by atoms with Gasteiger partial charge in [-0.1, -0.05) is 0 Å². The van der Waals surface area contributed by atoms with Crippen LogP contribution in [0, 0.1) is 0 Å². The molecule has 2 aliphatic rings. The van der Waals surface area contributed by atoms with E-state index in [1.807, 2.05) is 18.2 Å². The van der Waals surface area contributed by atoms with Crippen molar-refractivity contribution in [2.75, 3.05) is 30.3 Å². The first-order valence-electron chi connectivity index (χ1n) is 7.37. The molecule has 0 radical (unpaired) electrons. The average Bonchev–Trinajstić information content (AvgIpc) is 3.02. The summed E-state index contributed by atoms with van der Waals surface area (Å²) in [6, 6.07) is 7.48. The summed E-state index contributed by atoms with van der Waals surface area (Å²) in [7, 11) is 0. The molecule has 2 fully saturated rings. The minimum Gasteiger partial charge on any atom is -0.423 e. The van der Waals surface area contributed by atoms with Gasteiger partial charge < -0.3 is 15.1 Å². The molecule has 5 nitrogen and oxygen atoms in total. The van der Waals surface area contributed by atoms with Gasteiger partial charge in [0.1, 0.15) is 5.52 Å². The van der Waals surface area contributed by atoms with Crippen LogP contribution < -0.4 is 10.6 Å². The van der Waals surface area contributed by atoms with Gasteiger partial charge in [0, 0.05) is 36.9 Å². The monoisotopic (exact) mass is 272 g/mol. The lowest BCUT2D eigenvalue weighted by Gasteiger charge is -2.41. The minimum absolute atomic E-state index is 0.440. The van der Waals surface area contributed by atoms with E-state index in [0.29, 0.717) is 17.8 Å². The van der Waals surface area contributed by atoms with E-state index in [1.54, 1.807) is 0 Å². The van der Waals surface area contributed by atoms with Crippen molar-refractivity contribution < 1.29 is 4.42 Å². The lowest BCUT2D eigenvalue weighted by Crippen LogP contribution is -2.55. The zero-order chi connectivity index (χ0) is 13.7. The lowest BCUT2D eigenvalue weighted by molar-refractivity contribution is 0.198. The zero-order valence-electron chi connectivity index (χ0n) is 11.7. The van der Waals surface area contributed by atoms with E-state index in [4.69, 9.17) is 10.2 Å². The predicted molar refractivity (Wildman–Crippen MR) is 79.8 cm³/mol. The van der Waals surface area contributed by atoms with Gasteiger partial charge >= 0.3 is 0 Å². The number of hydrogen-bond donors (Lipinski definition) is 1. The quantitative estimate of drug-likeness (QED) is 0.805. The van der Waals surface area contributed by atoms with E-state index < -0.39 is 0 Å². The molecule has 1 aromatic carbocycles. The van der Waals surface area contributed by atoms with Crippen LogP contribution in [0.2, 0.25) is 0 Å². The fourth-order valence-electron chi connectivity index (χ4n) is 3.51. The van der Waals surface area contributed by atoms with E-state index in [9.17, 15) is 0 Å². The van der Waals surface area contributed by atoms with Gasteiger partial charge in [-0.15, -0.1) is 0 Å². The molecule has 2 aromatic rings. The summed E-state index contributed by atoms with van der Waals surface area (Å²) in [6.45, 7) is 5.61. The van der Waals surface area contributed by atoms with Crippen molar-refractivity contribution in [2.24, 2.45) is 0 Å². The van der Waals surface area contributed by atoms with Crippen molar-refractivity contribution in [1.29, 1.82) is 0 Å². The zero-order valence-corrected chi connectivity index (χ0v) is 11.7. The number of hydrogen-bond acceptors (Lipinski definition) is 5. The van der Waals surface area contributed by atoms with Crippen LogP contribution in [0.3, 0.4) is 0 Å². The maximum Gasteiger partial charge on any atom is 0.298 e. The van der Waals surface area contributed by atoms with Crippen molar-refractivity contribution in [3.05, 3.63) is 18.2 Å². The number of piperazine rings is 1. The van der Waals surface area contributed by atoms with Crippen molar-refractivity contribution >= 4 is 22.8 Å². The first-order valence-corrected chi connectivity index (χ1v) is 7.37. The van der Waals surface area contributed by atoms with Gasteiger partial charge in [0.25, 0.3) is 6.01 Å². The third-order valence-electron chi connectivity index (χ3n) is 4.58. The SMILES string of the molecule is CC1CN2CCCC2CN1c1nc2ccc(N)cc2o1. The van der Waals surface area contributed by atoms with E-state index >= 15 is 0 Å². The molecule has 2 unspecified atom stereocenters.